The molecule has 1 saturated heterocycles. The fraction of sp³-hybridized carbons (Fsp3) is 0.286. The second-order valence-electron chi connectivity index (χ2n) is 4.54. The molecule has 0 radical (unpaired) electrons. The molecule has 1 aliphatic rings. The molecule has 1 aromatic heterocycles. The SMILES string of the molecule is O=C(Cn1cccn1)N1CCSC1c1ccccc1Cl. The highest BCUT2D eigenvalue weighted by molar-refractivity contribution is 7.99. The van der Waals surface area contributed by atoms with Crippen LogP contribution >= 0.6 is 23.4 Å². The Morgan fingerprint density at radius 3 is 3.00 bits per heavy atom. The summed E-state index contributed by atoms with van der Waals surface area (Å²) in [5.74, 6) is 1.00. The quantitative estimate of drug-likeness (QED) is 0.875. The predicted molar refractivity (Wildman–Crippen MR) is 80.6 cm³/mol. The van der Waals surface area contributed by atoms with E-state index in [9.17, 15) is 4.79 Å². The van der Waals surface area contributed by atoms with E-state index in [1.807, 2.05) is 35.2 Å². The van der Waals surface area contributed by atoms with Crippen LogP contribution in [0.2, 0.25) is 5.02 Å². The number of thioether (sulfide) groups is 1. The van der Waals surface area contributed by atoms with Crippen LogP contribution in [0, 0.1) is 0 Å². The monoisotopic (exact) mass is 307 g/mol. The minimum absolute atomic E-state index is 0.00626. The molecule has 1 unspecified atom stereocenters. The summed E-state index contributed by atoms with van der Waals surface area (Å²) < 4.78 is 1.65. The first kappa shape index (κ1) is 13.5. The predicted octanol–water partition coefficient (Wildman–Crippen LogP) is 2.81. The smallest absolute Gasteiger partial charge is 0.245 e. The average Bonchev–Trinajstić information content (AvgIpc) is 3.09. The number of carbonyl (C=O) groups excluding carboxylic acids is 1. The molecule has 0 aliphatic carbocycles. The topological polar surface area (TPSA) is 38.1 Å². The van der Waals surface area contributed by atoms with E-state index in [0.29, 0.717) is 5.02 Å². The molecule has 1 amide bonds. The lowest BCUT2D eigenvalue weighted by atomic mass is 10.2. The number of carbonyl (C=O) groups is 1. The zero-order valence-electron chi connectivity index (χ0n) is 10.8. The van der Waals surface area contributed by atoms with Gasteiger partial charge in [-0.15, -0.1) is 11.8 Å². The minimum atomic E-state index is 0.00626. The van der Waals surface area contributed by atoms with Crippen molar-refractivity contribution in [2.45, 2.75) is 11.9 Å². The fourth-order valence-electron chi connectivity index (χ4n) is 2.28. The molecule has 20 heavy (non-hydrogen) atoms. The van der Waals surface area contributed by atoms with Gasteiger partial charge in [0.05, 0.1) is 0 Å². The van der Waals surface area contributed by atoms with E-state index in [0.717, 1.165) is 17.9 Å². The Morgan fingerprint density at radius 2 is 2.25 bits per heavy atom. The maximum Gasteiger partial charge on any atom is 0.245 e. The molecule has 0 saturated carbocycles. The lowest BCUT2D eigenvalue weighted by molar-refractivity contribution is -0.132. The largest absolute Gasteiger partial charge is 0.324 e. The first-order valence-corrected chi connectivity index (χ1v) is 7.81. The van der Waals surface area contributed by atoms with Crippen molar-refractivity contribution in [1.82, 2.24) is 14.7 Å². The number of rotatable bonds is 3. The Morgan fingerprint density at radius 1 is 1.40 bits per heavy atom. The van der Waals surface area contributed by atoms with E-state index in [2.05, 4.69) is 5.10 Å². The van der Waals surface area contributed by atoms with Crippen molar-refractivity contribution in [2.75, 3.05) is 12.3 Å². The van der Waals surface area contributed by atoms with Gasteiger partial charge in [0.25, 0.3) is 0 Å². The van der Waals surface area contributed by atoms with Gasteiger partial charge in [0.15, 0.2) is 0 Å². The Labute approximate surface area is 126 Å². The van der Waals surface area contributed by atoms with E-state index in [4.69, 9.17) is 11.6 Å². The van der Waals surface area contributed by atoms with Crippen molar-refractivity contribution in [2.24, 2.45) is 0 Å². The molecule has 1 atom stereocenters. The molecule has 2 heterocycles. The van der Waals surface area contributed by atoms with Gasteiger partial charge in [-0.3, -0.25) is 9.48 Å². The van der Waals surface area contributed by atoms with Gasteiger partial charge in [-0.1, -0.05) is 29.8 Å². The first-order chi connectivity index (χ1) is 9.75. The van der Waals surface area contributed by atoms with Gasteiger partial charge in [0, 0.05) is 35.3 Å². The van der Waals surface area contributed by atoms with Crippen LogP contribution in [0.15, 0.2) is 42.7 Å². The summed E-state index contributed by atoms with van der Waals surface area (Å²) in [6.07, 6.45) is 3.48. The van der Waals surface area contributed by atoms with E-state index in [1.165, 1.54) is 0 Å². The van der Waals surface area contributed by atoms with Crippen molar-refractivity contribution < 1.29 is 4.79 Å². The van der Waals surface area contributed by atoms with E-state index in [-0.39, 0.29) is 17.8 Å². The summed E-state index contributed by atoms with van der Waals surface area (Å²) in [6.45, 7) is 1.02. The number of amides is 1. The van der Waals surface area contributed by atoms with Crippen molar-refractivity contribution >= 4 is 29.3 Å². The highest BCUT2D eigenvalue weighted by Gasteiger charge is 2.31. The lowest BCUT2D eigenvalue weighted by Crippen LogP contribution is -2.33. The molecule has 4 nitrogen and oxygen atoms in total. The first-order valence-electron chi connectivity index (χ1n) is 6.38. The van der Waals surface area contributed by atoms with Crippen molar-refractivity contribution in [3.63, 3.8) is 0 Å². The Kier molecular flexibility index (Phi) is 3.98. The van der Waals surface area contributed by atoms with E-state index >= 15 is 0 Å². The highest BCUT2D eigenvalue weighted by atomic mass is 35.5. The van der Waals surface area contributed by atoms with Crippen molar-refractivity contribution in [1.29, 1.82) is 0 Å². The van der Waals surface area contributed by atoms with Gasteiger partial charge in [0.1, 0.15) is 11.9 Å². The third-order valence-corrected chi connectivity index (χ3v) is 4.83. The van der Waals surface area contributed by atoms with Crippen LogP contribution in [0.5, 0.6) is 0 Å². The molecular formula is C14H14ClN3OS. The van der Waals surface area contributed by atoms with Crippen molar-refractivity contribution in [3.8, 4) is 0 Å². The summed E-state index contributed by atoms with van der Waals surface area (Å²) in [5.41, 5.74) is 1.01. The van der Waals surface area contributed by atoms with Crippen LogP contribution in [0.4, 0.5) is 0 Å². The minimum Gasteiger partial charge on any atom is -0.324 e. The number of aromatic nitrogens is 2. The molecule has 6 heteroatoms. The molecule has 0 spiro atoms. The fourth-order valence-corrected chi connectivity index (χ4v) is 3.90. The Bertz CT molecular complexity index is 602. The number of hydrogen-bond acceptors (Lipinski definition) is 3. The van der Waals surface area contributed by atoms with Gasteiger partial charge in [-0.25, -0.2) is 0 Å². The number of nitrogens with zero attached hydrogens (tertiary/aromatic N) is 3. The third-order valence-electron chi connectivity index (χ3n) is 3.24. The molecule has 0 bridgehead atoms. The van der Waals surface area contributed by atoms with Gasteiger partial charge in [0.2, 0.25) is 5.91 Å². The maximum absolute atomic E-state index is 12.4. The van der Waals surface area contributed by atoms with Crippen LogP contribution in [0.25, 0.3) is 0 Å². The molecule has 0 N–H and O–H groups in total. The van der Waals surface area contributed by atoms with Crippen LogP contribution in [0.3, 0.4) is 0 Å². The van der Waals surface area contributed by atoms with Crippen LogP contribution in [0.1, 0.15) is 10.9 Å². The molecule has 1 aliphatic heterocycles. The molecule has 3 rings (SSSR count). The standard InChI is InChI=1S/C14H14ClN3OS/c15-12-5-2-1-4-11(12)14-18(8-9-20-14)13(19)10-17-7-3-6-16-17/h1-7,14H,8-10H2. The number of hydrogen-bond donors (Lipinski definition) is 0. The van der Waals surface area contributed by atoms with Gasteiger partial charge >= 0.3 is 0 Å². The molecule has 1 fully saturated rings. The molecular weight excluding hydrogens is 294 g/mol. The van der Waals surface area contributed by atoms with Crippen LogP contribution in [-0.2, 0) is 11.3 Å². The number of benzene rings is 1. The summed E-state index contributed by atoms with van der Waals surface area (Å²) in [7, 11) is 0. The van der Waals surface area contributed by atoms with Gasteiger partial charge in [-0.2, -0.15) is 5.10 Å². The second-order valence-corrected chi connectivity index (χ2v) is 6.13. The Balaban J connectivity index is 1.79. The van der Waals surface area contributed by atoms with Crippen LogP contribution < -0.4 is 0 Å². The normalized spacial score (nSPS) is 18.4. The second kappa shape index (κ2) is 5.89. The van der Waals surface area contributed by atoms with Gasteiger partial charge in [-0.05, 0) is 12.1 Å². The molecule has 1 aromatic carbocycles. The van der Waals surface area contributed by atoms with E-state index < -0.39 is 0 Å². The lowest BCUT2D eigenvalue weighted by Gasteiger charge is -2.24. The third kappa shape index (κ3) is 2.69. The Hall–Kier alpha value is -1.46. The maximum atomic E-state index is 12.4. The molecule has 2 aromatic rings. The van der Waals surface area contributed by atoms with Gasteiger partial charge < -0.3 is 4.90 Å². The highest BCUT2D eigenvalue weighted by Crippen LogP contribution is 2.40. The zero-order valence-corrected chi connectivity index (χ0v) is 12.3. The summed E-state index contributed by atoms with van der Waals surface area (Å²) in [6, 6.07) is 9.53. The summed E-state index contributed by atoms with van der Waals surface area (Å²) in [4.78, 5) is 14.3. The zero-order chi connectivity index (χ0) is 13.9. The molecule has 104 valence electrons. The van der Waals surface area contributed by atoms with Crippen molar-refractivity contribution in [3.05, 3.63) is 53.3 Å². The summed E-state index contributed by atoms with van der Waals surface area (Å²) in [5, 5.41) is 4.80. The van der Waals surface area contributed by atoms with Crippen LogP contribution in [-0.4, -0.2) is 32.9 Å². The number of halogens is 1. The van der Waals surface area contributed by atoms with E-state index in [1.54, 1.807) is 28.8 Å². The summed E-state index contributed by atoms with van der Waals surface area (Å²) >= 11 is 8.00. The average molecular weight is 308 g/mol.